The highest BCUT2D eigenvalue weighted by atomic mass is 16.3. The maximum Gasteiger partial charge on any atom is 0.101 e. The number of hydrogen-bond donors (Lipinski definition) is 1. The molecule has 5 nitrogen and oxygen atoms in total. The Bertz CT molecular complexity index is 1020. The first-order valence-electron chi connectivity index (χ1n) is 8.46. The molecule has 0 spiro atoms. The molecule has 2 aliphatic rings. The first-order chi connectivity index (χ1) is 12.3. The lowest BCUT2D eigenvalue weighted by molar-refractivity contribution is 0.0679. The molecule has 3 heterocycles. The lowest BCUT2D eigenvalue weighted by Crippen LogP contribution is -2.29. The molecule has 0 unspecified atom stereocenters. The second kappa shape index (κ2) is 5.27. The molecule has 0 saturated carbocycles. The number of aliphatic hydroxyl groups is 1. The second-order valence-corrected chi connectivity index (χ2v) is 6.75. The molecule has 3 atom stereocenters. The number of nitriles is 1. The first-order valence-corrected chi connectivity index (χ1v) is 8.46. The third kappa shape index (κ3) is 1.98. The number of aliphatic hydroxyl groups excluding tert-OH is 1. The maximum absolute atomic E-state index is 11.1. The molecule has 2 aromatic heterocycles. The predicted octanol–water partition coefficient (Wildman–Crippen LogP) is 3.02. The van der Waals surface area contributed by atoms with Crippen LogP contribution in [0.3, 0.4) is 0 Å². The molecule has 5 rings (SSSR count). The van der Waals surface area contributed by atoms with Crippen LogP contribution in [0, 0.1) is 17.2 Å². The molecule has 0 saturated heterocycles. The molecule has 1 N–H and O–H groups in total. The Labute approximate surface area is 145 Å². The smallest absolute Gasteiger partial charge is 0.101 e. The zero-order valence-corrected chi connectivity index (χ0v) is 13.5. The van der Waals surface area contributed by atoms with Gasteiger partial charge < -0.3 is 9.67 Å². The van der Waals surface area contributed by atoms with Crippen molar-refractivity contribution < 1.29 is 5.11 Å². The van der Waals surface area contributed by atoms with Crippen LogP contribution < -0.4 is 0 Å². The summed E-state index contributed by atoms with van der Waals surface area (Å²) in [6.07, 6.45) is 6.32. The van der Waals surface area contributed by atoms with E-state index in [9.17, 15) is 5.11 Å². The first kappa shape index (κ1) is 14.4. The molecule has 1 aliphatic heterocycles. The SMILES string of the molecule is N#Cc1cnc2c(c1)CC[C@H]([C@@H]1c3ccccc3-c3cncn31)[C@H]2O. The number of imidazole rings is 1. The third-order valence-corrected chi connectivity index (χ3v) is 5.49. The van der Waals surface area contributed by atoms with Crippen molar-refractivity contribution in [3.05, 3.63) is 71.4 Å². The number of rotatable bonds is 1. The van der Waals surface area contributed by atoms with Gasteiger partial charge >= 0.3 is 0 Å². The van der Waals surface area contributed by atoms with Crippen molar-refractivity contribution in [3.8, 4) is 17.3 Å². The largest absolute Gasteiger partial charge is 0.386 e. The van der Waals surface area contributed by atoms with Crippen LogP contribution in [0.25, 0.3) is 11.3 Å². The standard InChI is InChI=1S/C20H16N4O/c21-8-12-7-13-5-6-16(20(25)18(13)23-9-12)19-15-4-2-1-3-14(15)17-10-22-11-24(17)19/h1-4,7,9-11,16,19-20,25H,5-6H2/t16-,19+,20-/m1/s1. The Hall–Kier alpha value is -2.97. The molecular weight excluding hydrogens is 312 g/mol. The van der Waals surface area contributed by atoms with Crippen LogP contribution in [0.2, 0.25) is 0 Å². The summed E-state index contributed by atoms with van der Waals surface area (Å²) >= 11 is 0. The van der Waals surface area contributed by atoms with Crippen molar-refractivity contribution in [2.45, 2.75) is 25.0 Å². The van der Waals surface area contributed by atoms with Gasteiger partial charge in [0.2, 0.25) is 0 Å². The van der Waals surface area contributed by atoms with Gasteiger partial charge in [-0.25, -0.2) is 4.98 Å². The highest BCUT2D eigenvalue weighted by Crippen LogP contribution is 2.49. The molecule has 5 heteroatoms. The van der Waals surface area contributed by atoms with E-state index in [1.165, 1.54) is 11.1 Å². The topological polar surface area (TPSA) is 74.7 Å². The van der Waals surface area contributed by atoms with E-state index in [0.717, 1.165) is 24.1 Å². The normalized spacial score (nSPS) is 23.4. The number of aromatic nitrogens is 3. The van der Waals surface area contributed by atoms with Crippen LogP contribution in [0.5, 0.6) is 0 Å². The van der Waals surface area contributed by atoms with Crippen LogP contribution in [0.4, 0.5) is 0 Å². The summed E-state index contributed by atoms with van der Waals surface area (Å²) in [5.41, 5.74) is 5.77. The summed E-state index contributed by atoms with van der Waals surface area (Å²) < 4.78 is 2.17. The minimum Gasteiger partial charge on any atom is -0.386 e. The number of benzene rings is 1. The average molecular weight is 328 g/mol. The van der Waals surface area contributed by atoms with Gasteiger partial charge in [-0.3, -0.25) is 4.98 Å². The molecule has 122 valence electrons. The van der Waals surface area contributed by atoms with Gasteiger partial charge in [-0.2, -0.15) is 5.26 Å². The molecule has 0 amide bonds. The van der Waals surface area contributed by atoms with Crippen LogP contribution in [0.1, 0.15) is 41.0 Å². The summed E-state index contributed by atoms with van der Waals surface area (Å²) in [6.45, 7) is 0. The molecule has 25 heavy (non-hydrogen) atoms. The van der Waals surface area contributed by atoms with Crippen LogP contribution in [-0.4, -0.2) is 19.6 Å². The number of aryl methyl sites for hydroxylation is 1. The van der Waals surface area contributed by atoms with Crippen LogP contribution in [0.15, 0.2) is 49.1 Å². The molecule has 1 aliphatic carbocycles. The molecular formula is C20H16N4O. The van der Waals surface area contributed by atoms with Gasteiger partial charge in [-0.05, 0) is 30.0 Å². The Morgan fingerprint density at radius 2 is 2.12 bits per heavy atom. The van der Waals surface area contributed by atoms with E-state index in [4.69, 9.17) is 5.26 Å². The van der Waals surface area contributed by atoms with Gasteiger partial charge in [-0.1, -0.05) is 24.3 Å². The van der Waals surface area contributed by atoms with Crippen molar-refractivity contribution in [1.29, 1.82) is 5.26 Å². The number of fused-ring (bicyclic) bond motifs is 4. The monoisotopic (exact) mass is 328 g/mol. The third-order valence-electron chi connectivity index (χ3n) is 5.49. The highest BCUT2D eigenvalue weighted by Gasteiger charge is 2.41. The minimum atomic E-state index is -0.650. The molecule has 0 fully saturated rings. The highest BCUT2D eigenvalue weighted by molar-refractivity contribution is 5.69. The van der Waals surface area contributed by atoms with Crippen molar-refractivity contribution in [2.24, 2.45) is 5.92 Å². The number of hydrogen-bond acceptors (Lipinski definition) is 4. The lowest BCUT2D eigenvalue weighted by Gasteiger charge is -2.34. The number of nitrogens with zero attached hydrogens (tertiary/aromatic N) is 4. The molecule has 1 aromatic carbocycles. The summed E-state index contributed by atoms with van der Waals surface area (Å²) in [6, 6.07) is 12.4. The zero-order valence-electron chi connectivity index (χ0n) is 13.5. The molecule has 0 bridgehead atoms. The molecule has 0 radical (unpaired) electrons. The van der Waals surface area contributed by atoms with E-state index in [0.29, 0.717) is 11.3 Å². The van der Waals surface area contributed by atoms with Crippen molar-refractivity contribution in [2.75, 3.05) is 0 Å². The fourth-order valence-corrected chi connectivity index (χ4v) is 4.37. The quantitative estimate of drug-likeness (QED) is 0.745. The Morgan fingerprint density at radius 1 is 1.24 bits per heavy atom. The van der Waals surface area contributed by atoms with Crippen LogP contribution >= 0.6 is 0 Å². The van der Waals surface area contributed by atoms with Gasteiger partial charge in [-0.15, -0.1) is 0 Å². The fourth-order valence-electron chi connectivity index (χ4n) is 4.37. The van der Waals surface area contributed by atoms with Crippen molar-refractivity contribution >= 4 is 0 Å². The predicted molar refractivity (Wildman–Crippen MR) is 91.5 cm³/mol. The van der Waals surface area contributed by atoms with Crippen molar-refractivity contribution in [3.63, 3.8) is 0 Å². The van der Waals surface area contributed by atoms with Gasteiger partial charge in [0.15, 0.2) is 0 Å². The summed E-state index contributed by atoms with van der Waals surface area (Å²) in [7, 11) is 0. The van der Waals surface area contributed by atoms with E-state index in [-0.39, 0.29) is 12.0 Å². The zero-order chi connectivity index (χ0) is 17.0. The Morgan fingerprint density at radius 3 is 3.00 bits per heavy atom. The van der Waals surface area contributed by atoms with E-state index >= 15 is 0 Å². The number of pyridine rings is 1. The van der Waals surface area contributed by atoms with Gasteiger partial charge in [0.25, 0.3) is 0 Å². The van der Waals surface area contributed by atoms with Gasteiger partial charge in [0.1, 0.15) is 12.2 Å². The Balaban J connectivity index is 1.60. The van der Waals surface area contributed by atoms with Gasteiger partial charge in [0.05, 0.1) is 35.5 Å². The van der Waals surface area contributed by atoms with E-state index < -0.39 is 6.10 Å². The average Bonchev–Trinajstić information content (AvgIpc) is 3.23. The summed E-state index contributed by atoms with van der Waals surface area (Å²) in [5, 5.41) is 20.1. The minimum absolute atomic E-state index is 0.0320. The van der Waals surface area contributed by atoms with Crippen molar-refractivity contribution in [1.82, 2.24) is 14.5 Å². The van der Waals surface area contributed by atoms with Crippen LogP contribution in [-0.2, 0) is 6.42 Å². The summed E-state index contributed by atoms with van der Waals surface area (Å²) in [5.74, 6) is 0.0320. The maximum atomic E-state index is 11.1. The lowest BCUT2D eigenvalue weighted by atomic mass is 9.77. The second-order valence-electron chi connectivity index (χ2n) is 6.75. The fraction of sp³-hybridized carbons (Fsp3) is 0.250. The summed E-state index contributed by atoms with van der Waals surface area (Å²) in [4.78, 5) is 8.70. The Kier molecular flexibility index (Phi) is 3.03. The van der Waals surface area contributed by atoms with Gasteiger partial charge in [0, 0.05) is 17.7 Å². The molecule has 3 aromatic rings. The van der Waals surface area contributed by atoms with E-state index in [1.54, 1.807) is 6.20 Å². The van der Waals surface area contributed by atoms with E-state index in [2.05, 4.69) is 32.7 Å². The van der Waals surface area contributed by atoms with E-state index in [1.807, 2.05) is 30.7 Å².